The number of hydrogen-bond donors (Lipinski definition) is 0. The Kier molecular flexibility index (Phi) is 1.60. The van der Waals surface area contributed by atoms with E-state index in [0.29, 0.717) is 0 Å². The summed E-state index contributed by atoms with van der Waals surface area (Å²) in [5.74, 6) is 0. The lowest BCUT2D eigenvalue weighted by Crippen LogP contribution is -2.50. The zero-order chi connectivity index (χ0) is 7.84. The van der Waals surface area contributed by atoms with E-state index in [-0.39, 0.29) is 12.1 Å². The van der Waals surface area contributed by atoms with E-state index < -0.39 is 0 Å². The second-order valence-corrected chi connectivity index (χ2v) is 3.30. The first-order chi connectivity index (χ1) is 5.31. The molecule has 0 aromatic rings. The Balaban J connectivity index is 2.12. The van der Waals surface area contributed by atoms with Gasteiger partial charge in [-0.15, -0.1) is 4.91 Å². The Bertz CT molecular complexity index is 163. The molecule has 0 aliphatic carbocycles. The molecular weight excluding hydrogens is 141 g/mol. The third-order valence-electron chi connectivity index (χ3n) is 2.57. The molecule has 2 fully saturated rings. The molecule has 2 aliphatic heterocycles. The fourth-order valence-corrected chi connectivity index (χ4v) is 2.05. The predicted octanol–water partition coefficient (Wildman–Crippen LogP) is -0.100. The van der Waals surface area contributed by atoms with Crippen molar-refractivity contribution in [2.75, 3.05) is 13.1 Å². The maximum Gasteiger partial charge on any atom is 0.182 e. The van der Waals surface area contributed by atoms with Crippen LogP contribution < -0.4 is 0 Å². The van der Waals surface area contributed by atoms with E-state index in [9.17, 15) is 4.91 Å². The van der Waals surface area contributed by atoms with Gasteiger partial charge in [0.2, 0.25) is 0 Å². The molecule has 4 nitrogen and oxygen atoms in total. The summed E-state index contributed by atoms with van der Waals surface area (Å²) in [6, 6.07) is 0.549. The second-order valence-electron chi connectivity index (χ2n) is 3.30. The molecule has 2 unspecified atom stereocenters. The van der Waals surface area contributed by atoms with Gasteiger partial charge in [-0.2, -0.15) is 0 Å². The van der Waals surface area contributed by atoms with Crippen LogP contribution in [0.1, 0.15) is 12.8 Å². The van der Waals surface area contributed by atoms with E-state index in [2.05, 4.69) is 5.29 Å². The summed E-state index contributed by atoms with van der Waals surface area (Å²) in [6.45, 7) is 1.56. The molecule has 5 heteroatoms. The smallest absolute Gasteiger partial charge is 0.182 e. The van der Waals surface area contributed by atoms with Crippen molar-refractivity contribution < 1.29 is 0 Å². The lowest BCUT2D eigenvalue weighted by Gasteiger charge is -2.35. The third-order valence-corrected chi connectivity index (χ3v) is 2.57. The molecule has 0 aromatic heterocycles. The second kappa shape index (κ2) is 2.48. The van der Waals surface area contributed by atoms with Gasteiger partial charge in [0.25, 0.3) is 0 Å². The summed E-state index contributed by atoms with van der Waals surface area (Å²) in [4.78, 5) is 12.1. The summed E-state index contributed by atoms with van der Waals surface area (Å²) in [7, 11) is 5.64. The summed E-state index contributed by atoms with van der Waals surface area (Å²) < 4.78 is 0. The van der Waals surface area contributed by atoms with Crippen LogP contribution in [-0.4, -0.2) is 43.0 Å². The Hall–Kier alpha value is -0.575. The van der Waals surface area contributed by atoms with Crippen molar-refractivity contribution in [3.63, 3.8) is 0 Å². The van der Waals surface area contributed by atoms with Crippen molar-refractivity contribution in [1.29, 1.82) is 0 Å². The number of nitroso groups, excluding NO2 is 1. The first-order valence-corrected chi connectivity index (χ1v) is 3.92. The van der Waals surface area contributed by atoms with Crippen LogP contribution >= 0.6 is 0 Å². The van der Waals surface area contributed by atoms with E-state index in [1.54, 1.807) is 9.82 Å². The minimum atomic E-state index is 0.274. The molecule has 2 bridgehead atoms. The summed E-state index contributed by atoms with van der Waals surface area (Å²) >= 11 is 0. The largest absolute Gasteiger partial charge is 0.350 e. The molecule has 0 amide bonds. The predicted molar refractivity (Wildman–Crippen MR) is 41.8 cm³/mol. The molecule has 0 aromatic carbocycles. The molecule has 0 spiro atoms. The summed E-state index contributed by atoms with van der Waals surface area (Å²) in [5.41, 5.74) is 0. The quantitative estimate of drug-likeness (QED) is 0.387. The van der Waals surface area contributed by atoms with Crippen LogP contribution in [0.2, 0.25) is 0 Å². The maximum atomic E-state index is 10.3. The minimum Gasteiger partial charge on any atom is -0.350 e. The average Bonchev–Trinajstić information content (AvgIpc) is 2.23. The molecule has 2 rings (SSSR count). The van der Waals surface area contributed by atoms with Gasteiger partial charge < -0.3 is 4.81 Å². The number of fused-ring (bicyclic) bond motifs is 2. The number of rotatable bonds is 1. The van der Waals surface area contributed by atoms with Crippen molar-refractivity contribution in [1.82, 2.24) is 9.82 Å². The highest BCUT2D eigenvalue weighted by molar-refractivity contribution is 6.04. The van der Waals surface area contributed by atoms with Crippen LogP contribution in [0.5, 0.6) is 0 Å². The van der Waals surface area contributed by atoms with Gasteiger partial charge in [0.05, 0.1) is 17.4 Å². The van der Waals surface area contributed by atoms with Gasteiger partial charge in [-0.3, -0.25) is 5.01 Å². The monoisotopic (exact) mass is 151 g/mol. The van der Waals surface area contributed by atoms with Gasteiger partial charge in [-0.1, -0.05) is 0 Å². The lowest BCUT2D eigenvalue weighted by molar-refractivity contribution is 0.114. The first-order valence-electron chi connectivity index (χ1n) is 3.92. The fourth-order valence-electron chi connectivity index (χ4n) is 2.05. The van der Waals surface area contributed by atoms with Crippen LogP contribution in [0.25, 0.3) is 0 Å². The standard InChI is InChI=1S/C6H10BN3O/c7-9-3-5-1-2-6(4-9)10(5)8-11/h5-6H,1-4H2. The number of nitrogens with zero attached hydrogens (tertiary/aromatic N) is 3. The highest BCUT2D eigenvalue weighted by Gasteiger charge is 2.38. The zero-order valence-corrected chi connectivity index (χ0v) is 6.31. The van der Waals surface area contributed by atoms with Crippen LogP contribution in [0, 0.1) is 4.91 Å². The van der Waals surface area contributed by atoms with E-state index >= 15 is 0 Å². The molecule has 2 atom stereocenters. The van der Waals surface area contributed by atoms with Gasteiger partial charge in [-0.05, 0) is 12.8 Å². The molecule has 58 valence electrons. The Morgan fingerprint density at radius 3 is 2.27 bits per heavy atom. The topological polar surface area (TPSA) is 35.9 Å². The average molecular weight is 151 g/mol. The Morgan fingerprint density at radius 1 is 1.27 bits per heavy atom. The molecule has 11 heavy (non-hydrogen) atoms. The molecule has 2 saturated heterocycles. The molecule has 0 saturated carbocycles. The Morgan fingerprint density at radius 2 is 1.82 bits per heavy atom. The zero-order valence-electron chi connectivity index (χ0n) is 6.31. The van der Waals surface area contributed by atoms with Gasteiger partial charge in [0.1, 0.15) is 0 Å². The van der Waals surface area contributed by atoms with E-state index in [1.165, 1.54) is 0 Å². The Labute approximate surface area is 66.9 Å². The highest BCUT2D eigenvalue weighted by atomic mass is 16.3. The molecule has 2 radical (unpaired) electrons. The van der Waals surface area contributed by atoms with Crippen LogP contribution in [0.3, 0.4) is 0 Å². The van der Waals surface area contributed by atoms with Crippen molar-refractivity contribution in [3.05, 3.63) is 4.91 Å². The van der Waals surface area contributed by atoms with Gasteiger partial charge >= 0.3 is 0 Å². The summed E-state index contributed by atoms with van der Waals surface area (Å²) in [6.07, 6.45) is 2.12. The number of hydrogen-bond acceptors (Lipinski definition) is 3. The van der Waals surface area contributed by atoms with E-state index in [4.69, 9.17) is 7.98 Å². The molecular formula is C6H10BN3O. The molecule has 2 aliphatic rings. The van der Waals surface area contributed by atoms with Crippen LogP contribution in [0.15, 0.2) is 5.29 Å². The van der Waals surface area contributed by atoms with Crippen LogP contribution in [0.4, 0.5) is 0 Å². The van der Waals surface area contributed by atoms with Crippen LogP contribution in [-0.2, 0) is 0 Å². The van der Waals surface area contributed by atoms with E-state index in [1.807, 2.05) is 0 Å². The van der Waals surface area contributed by atoms with Gasteiger partial charge in [-0.25, -0.2) is 0 Å². The third kappa shape index (κ3) is 1.03. The fraction of sp³-hybridized carbons (Fsp3) is 1.00. The summed E-state index contributed by atoms with van der Waals surface area (Å²) in [5, 5.41) is 4.68. The first kappa shape index (κ1) is 7.09. The van der Waals surface area contributed by atoms with Gasteiger partial charge in [0, 0.05) is 13.1 Å². The molecule has 0 N–H and O–H groups in total. The van der Waals surface area contributed by atoms with Gasteiger partial charge in [0.15, 0.2) is 7.98 Å². The van der Waals surface area contributed by atoms with Crippen molar-refractivity contribution in [2.24, 2.45) is 5.29 Å². The van der Waals surface area contributed by atoms with E-state index in [0.717, 1.165) is 25.9 Å². The normalized spacial score (nSPS) is 37.6. The SMILES string of the molecule is [B]N1CC2CCC(C1)N2N=O. The van der Waals surface area contributed by atoms with Crippen molar-refractivity contribution in [2.45, 2.75) is 24.9 Å². The highest BCUT2D eigenvalue weighted by Crippen LogP contribution is 2.28. The van der Waals surface area contributed by atoms with Crippen molar-refractivity contribution >= 4 is 7.98 Å². The molecule has 2 heterocycles. The number of piperazine rings is 1. The lowest BCUT2D eigenvalue weighted by atomic mass is 10.1. The van der Waals surface area contributed by atoms with Crippen molar-refractivity contribution in [3.8, 4) is 0 Å². The minimum absolute atomic E-state index is 0.274. The maximum absolute atomic E-state index is 10.3.